The highest BCUT2D eigenvalue weighted by molar-refractivity contribution is 5.98. The van der Waals surface area contributed by atoms with E-state index in [1.54, 1.807) is 0 Å². The number of nitrogens with two attached hydrogens (primary N) is 1. The van der Waals surface area contributed by atoms with Gasteiger partial charge >= 0.3 is 0 Å². The van der Waals surface area contributed by atoms with Crippen LogP contribution in [-0.4, -0.2) is 35.4 Å². The van der Waals surface area contributed by atoms with Gasteiger partial charge in [0, 0.05) is 24.0 Å². The molecule has 4 nitrogen and oxygen atoms in total. The highest BCUT2D eigenvalue weighted by Gasteiger charge is 2.27. The third-order valence-corrected chi connectivity index (χ3v) is 4.90. The molecule has 0 spiro atoms. The van der Waals surface area contributed by atoms with Crippen LogP contribution in [0.1, 0.15) is 49.0 Å². The molecule has 1 amide bonds. The molecule has 124 valence electrons. The van der Waals surface area contributed by atoms with Crippen molar-refractivity contribution in [2.45, 2.75) is 38.5 Å². The monoisotopic (exact) mass is 313 g/mol. The lowest BCUT2D eigenvalue weighted by atomic mass is 10.00. The Labute approximate surface area is 138 Å². The molecule has 2 aromatic rings. The minimum absolute atomic E-state index is 0.145. The van der Waals surface area contributed by atoms with Crippen molar-refractivity contribution in [2.75, 3.05) is 19.6 Å². The first-order chi connectivity index (χ1) is 11.3. The highest BCUT2D eigenvalue weighted by atomic mass is 16.2. The van der Waals surface area contributed by atoms with E-state index in [9.17, 15) is 4.79 Å². The Morgan fingerprint density at radius 1 is 1.22 bits per heavy atom. The second-order valence-corrected chi connectivity index (χ2v) is 6.67. The Morgan fingerprint density at radius 2 is 2.04 bits per heavy atom. The van der Waals surface area contributed by atoms with Crippen LogP contribution in [0, 0.1) is 5.92 Å². The number of amides is 1. The number of nitrogens with zero attached hydrogens (tertiary/aromatic N) is 1. The number of carbonyl (C=O) groups excluding carboxylic acids is 1. The lowest BCUT2D eigenvalue weighted by Crippen LogP contribution is -2.28. The number of fused-ring (bicyclic) bond motifs is 1. The zero-order valence-corrected chi connectivity index (χ0v) is 13.8. The SMILES string of the molecule is NCCCCCCC1CCN(C(=O)c2cc3ccccc3[nH]2)C1. The van der Waals surface area contributed by atoms with Gasteiger partial charge in [-0.15, -0.1) is 0 Å². The molecule has 1 aromatic carbocycles. The normalized spacial score (nSPS) is 18.0. The van der Waals surface area contributed by atoms with Crippen LogP contribution in [0.2, 0.25) is 0 Å². The molecule has 0 aliphatic carbocycles. The fourth-order valence-electron chi connectivity index (χ4n) is 3.54. The summed E-state index contributed by atoms with van der Waals surface area (Å²) in [7, 11) is 0. The van der Waals surface area contributed by atoms with Crippen molar-refractivity contribution in [3.8, 4) is 0 Å². The van der Waals surface area contributed by atoms with Crippen molar-refractivity contribution in [1.82, 2.24) is 9.88 Å². The number of H-pyrrole nitrogens is 1. The molecule has 0 bridgehead atoms. The number of carbonyl (C=O) groups is 1. The molecule has 0 radical (unpaired) electrons. The summed E-state index contributed by atoms with van der Waals surface area (Å²) in [6, 6.07) is 10.0. The van der Waals surface area contributed by atoms with Crippen LogP contribution in [-0.2, 0) is 0 Å². The number of unbranched alkanes of at least 4 members (excludes halogenated alkanes) is 3. The minimum atomic E-state index is 0.145. The van der Waals surface area contributed by atoms with Crippen molar-refractivity contribution >= 4 is 16.8 Å². The van der Waals surface area contributed by atoms with Crippen molar-refractivity contribution in [1.29, 1.82) is 0 Å². The summed E-state index contributed by atoms with van der Waals surface area (Å²) in [5, 5.41) is 1.10. The number of para-hydroxylation sites is 1. The van der Waals surface area contributed by atoms with E-state index in [-0.39, 0.29) is 5.91 Å². The lowest BCUT2D eigenvalue weighted by molar-refractivity contribution is 0.0781. The first kappa shape index (κ1) is 16.1. The molecular formula is C19H27N3O. The van der Waals surface area contributed by atoms with E-state index < -0.39 is 0 Å². The van der Waals surface area contributed by atoms with Gasteiger partial charge in [-0.2, -0.15) is 0 Å². The summed E-state index contributed by atoms with van der Waals surface area (Å²) >= 11 is 0. The van der Waals surface area contributed by atoms with Crippen LogP contribution in [0.4, 0.5) is 0 Å². The summed E-state index contributed by atoms with van der Waals surface area (Å²) in [4.78, 5) is 17.9. The second kappa shape index (κ2) is 7.64. The first-order valence-electron chi connectivity index (χ1n) is 8.85. The number of aromatic nitrogens is 1. The number of aromatic amines is 1. The molecular weight excluding hydrogens is 286 g/mol. The Balaban J connectivity index is 1.51. The Kier molecular flexibility index (Phi) is 5.34. The number of likely N-dealkylation sites (tertiary alicyclic amines) is 1. The molecule has 0 saturated carbocycles. The molecule has 1 aliphatic rings. The Hall–Kier alpha value is -1.81. The Morgan fingerprint density at radius 3 is 2.87 bits per heavy atom. The number of hydrogen-bond acceptors (Lipinski definition) is 2. The van der Waals surface area contributed by atoms with Gasteiger partial charge in [0.1, 0.15) is 5.69 Å². The van der Waals surface area contributed by atoms with E-state index in [4.69, 9.17) is 5.73 Å². The van der Waals surface area contributed by atoms with Gasteiger partial charge in [0.05, 0.1) is 0 Å². The molecule has 23 heavy (non-hydrogen) atoms. The van der Waals surface area contributed by atoms with Gasteiger partial charge in [0.25, 0.3) is 5.91 Å². The van der Waals surface area contributed by atoms with Crippen molar-refractivity contribution < 1.29 is 4.79 Å². The van der Waals surface area contributed by atoms with Gasteiger partial charge in [0.2, 0.25) is 0 Å². The van der Waals surface area contributed by atoms with E-state index in [1.807, 2.05) is 35.2 Å². The molecule has 1 unspecified atom stereocenters. The third kappa shape index (κ3) is 3.94. The average molecular weight is 313 g/mol. The maximum Gasteiger partial charge on any atom is 0.270 e. The average Bonchev–Trinajstić information content (AvgIpc) is 3.20. The zero-order valence-electron chi connectivity index (χ0n) is 13.8. The van der Waals surface area contributed by atoms with E-state index in [0.717, 1.165) is 49.1 Å². The standard InChI is InChI=1S/C19H27N3O/c20-11-6-2-1-3-7-15-10-12-22(14-15)19(23)18-13-16-8-4-5-9-17(16)21-18/h4-5,8-9,13,15,21H,1-3,6-7,10-12,14,20H2. The van der Waals surface area contributed by atoms with Crippen LogP contribution in [0.3, 0.4) is 0 Å². The van der Waals surface area contributed by atoms with Gasteiger partial charge in [-0.1, -0.05) is 37.5 Å². The van der Waals surface area contributed by atoms with Crippen molar-refractivity contribution in [3.63, 3.8) is 0 Å². The molecule has 1 aliphatic heterocycles. The quantitative estimate of drug-likeness (QED) is 0.768. The van der Waals surface area contributed by atoms with E-state index in [0.29, 0.717) is 5.92 Å². The van der Waals surface area contributed by atoms with Gasteiger partial charge in [-0.25, -0.2) is 0 Å². The van der Waals surface area contributed by atoms with Gasteiger partial charge in [-0.3, -0.25) is 4.79 Å². The minimum Gasteiger partial charge on any atom is -0.351 e. The summed E-state index contributed by atoms with van der Waals surface area (Å²) in [5.41, 5.74) is 7.27. The molecule has 4 heteroatoms. The van der Waals surface area contributed by atoms with E-state index in [2.05, 4.69) is 4.98 Å². The largest absolute Gasteiger partial charge is 0.351 e. The smallest absolute Gasteiger partial charge is 0.270 e. The number of nitrogens with one attached hydrogen (secondary N) is 1. The summed E-state index contributed by atoms with van der Waals surface area (Å²) in [6.07, 6.45) is 7.28. The third-order valence-electron chi connectivity index (χ3n) is 4.90. The summed E-state index contributed by atoms with van der Waals surface area (Å²) < 4.78 is 0. The number of rotatable bonds is 7. The van der Waals surface area contributed by atoms with E-state index in [1.165, 1.54) is 25.7 Å². The van der Waals surface area contributed by atoms with Gasteiger partial charge in [-0.05, 0) is 43.9 Å². The summed E-state index contributed by atoms with van der Waals surface area (Å²) in [6.45, 7) is 2.60. The highest BCUT2D eigenvalue weighted by Crippen LogP contribution is 2.24. The second-order valence-electron chi connectivity index (χ2n) is 6.67. The fourth-order valence-corrected chi connectivity index (χ4v) is 3.54. The molecule has 3 rings (SSSR count). The first-order valence-corrected chi connectivity index (χ1v) is 8.85. The van der Waals surface area contributed by atoms with Crippen LogP contribution in [0.25, 0.3) is 10.9 Å². The zero-order chi connectivity index (χ0) is 16.1. The number of benzene rings is 1. The van der Waals surface area contributed by atoms with E-state index >= 15 is 0 Å². The molecule has 2 heterocycles. The van der Waals surface area contributed by atoms with Crippen LogP contribution in [0.5, 0.6) is 0 Å². The lowest BCUT2D eigenvalue weighted by Gasteiger charge is -2.15. The molecule has 1 aromatic heterocycles. The van der Waals surface area contributed by atoms with Crippen LogP contribution < -0.4 is 5.73 Å². The fraction of sp³-hybridized carbons (Fsp3) is 0.526. The maximum atomic E-state index is 12.7. The maximum absolute atomic E-state index is 12.7. The summed E-state index contributed by atoms with van der Waals surface area (Å²) in [5.74, 6) is 0.813. The van der Waals surface area contributed by atoms with Crippen LogP contribution >= 0.6 is 0 Å². The van der Waals surface area contributed by atoms with Crippen molar-refractivity contribution in [3.05, 3.63) is 36.0 Å². The molecule has 3 N–H and O–H groups in total. The van der Waals surface area contributed by atoms with Gasteiger partial charge < -0.3 is 15.6 Å². The topological polar surface area (TPSA) is 62.1 Å². The predicted octanol–water partition coefficient (Wildman–Crippen LogP) is 3.54. The molecule has 1 atom stereocenters. The van der Waals surface area contributed by atoms with Crippen molar-refractivity contribution in [2.24, 2.45) is 11.7 Å². The van der Waals surface area contributed by atoms with Gasteiger partial charge in [0.15, 0.2) is 0 Å². The number of hydrogen-bond donors (Lipinski definition) is 2. The predicted molar refractivity (Wildman–Crippen MR) is 94.4 cm³/mol. The van der Waals surface area contributed by atoms with Crippen LogP contribution in [0.15, 0.2) is 30.3 Å². The molecule has 1 saturated heterocycles. The molecule has 1 fully saturated rings. The Bertz CT molecular complexity index is 616.